The van der Waals surface area contributed by atoms with Crippen molar-refractivity contribution in [3.63, 3.8) is 0 Å². The van der Waals surface area contributed by atoms with Gasteiger partial charge in [-0.25, -0.2) is 13.8 Å². The van der Waals surface area contributed by atoms with Crippen molar-refractivity contribution in [2.24, 2.45) is 0 Å². The van der Waals surface area contributed by atoms with Crippen LogP contribution in [0.1, 0.15) is 23.3 Å². The first-order chi connectivity index (χ1) is 14.7. The zero-order chi connectivity index (χ0) is 22.2. The molecule has 7 nitrogen and oxygen atoms in total. The Bertz CT molecular complexity index is 1110. The summed E-state index contributed by atoms with van der Waals surface area (Å²) in [6.45, 7) is -0.980. The first kappa shape index (κ1) is 20.9. The molecular formula is C19H17F5N6O. The fourth-order valence-corrected chi connectivity index (χ4v) is 3.38. The van der Waals surface area contributed by atoms with Crippen molar-refractivity contribution in [3.8, 4) is 0 Å². The van der Waals surface area contributed by atoms with E-state index in [-0.39, 0.29) is 54.2 Å². The number of amides is 1. The molecule has 0 atom stereocenters. The highest BCUT2D eigenvalue weighted by molar-refractivity contribution is 5.98. The van der Waals surface area contributed by atoms with Crippen molar-refractivity contribution in [1.82, 2.24) is 24.6 Å². The van der Waals surface area contributed by atoms with Crippen molar-refractivity contribution in [1.29, 1.82) is 0 Å². The monoisotopic (exact) mass is 440 g/mol. The Morgan fingerprint density at radius 3 is 2.61 bits per heavy atom. The highest BCUT2D eigenvalue weighted by Gasteiger charge is 2.31. The van der Waals surface area contributed by atoms with Gasteiger partial charge >= 0.3 is 6.18 Å². The summed E-state index contributed by atoms with van der Waals surface area (Å²) in [6, 6.07) is 3.41. The zero-order valence-corrected chi connectivity index (χ0v) is 16.0. The number of nitrogens with one attached hydrogen (secondary N) is 1. The van der Waals surface area contributed by atoms with E-state index in [2.05, 4.69) is 20.4 Å². The third-order valence-corrected chi connectivity index (χ3v) is 4.86. The number of fused-ring (bicyclic) bond motifs is 1. The SMILES string of the molecule is O=C(c1cc2c(cn1)c(Nc1cc(F)ccn1)nn2CC(F)(F)F)N1CCC(F)CC1. The largest absolute Gasteiger partial charge is 0.408 e. The lowest BCUT2D eigenvalue weighted by Crippen LogP contribution is -2.39. The number of hydrogen-bond donors (Lipinski definition) is 1. The van der Waals surface area contributed by atoms with Gasteiger partial charge in [0, 0.05) is 31.5 Å². The van der Waals surface area contributed by atoms with Crippen LogP contribution in [0.25, 0.3) is 10.9 Å². The molecule has 4 rings (SSSR count). The summed E-state index contributed by atoms with van der Waals surface area (Å²) in [4.78, 5) is 22.1. The number of aromatic nitrogens is 4. The Balaban J connectivity index is 1.70. The summed E-state index contributed by atoms with van der Waals surface area (Å²) in [5, 5.41) is 6.82. The second kappa shape index (κ2) is 8.08. The highest BCUT2D eigenvalue weighted by atomic mass is 19.4. The molecule has 1 amide bonds. The molecular weight excluding hydrogens is 423 g/mol. The number of hydrogen-bond acceptors (Lipinski definition) is 5. The van der Waals surface area contributed by atoms with Crippen molar-refractivity contribution in [3.05, 3.63) is 42.1 Å². The first-order valence-electron chi connectivity index (χ1n) is 9.45. The van der Waals surface area contributed by atoms with Crippen LogP contribution in [0.2, 0.25) is 0 Å². The summed E-state index contributed by atoms with van der Waals surface area (Å²) in [5.74, 6) is -1.04. The zero-order valence-electron chi connectivity index (χ0n) is 16.0. The van der Waals surface area contributed by atoms with Crippen molar-refractivity contribution < 1.29 is 26.7 Å². The second-order valence-corrected chi connectivity index (χ2v) is 7.16. The fourth-order valence-electron chi connectivity index (χ4n) is 3.38. The van der Waals surface area contributed by atoms with E-state index in [1.54, 1.807) is 0 Å². The van der Waals surface area contributed by atoms with Gasteiger partial charge in [-0.2, -0.15) is 18.3 Å². The molecule has 0 unspecified atom stereocenters. The number of carbonyl (C=O) groups is 1. The van der Waals surface area contributed by atoms with E-state index in [4.69, 9.17) is 0 Å². The van der Waals surface area contributed by atoms with E-state index < -0.39 is 30.6 Å². The average molecular weight is 440 g/mol. The molecule has 0 aromatic carbocycles. The molecule has 3 aromatic heterocycles. The fraction of sp³-hybridized carbons (Fsp3) is 0.368. The maximum atomic E-state index is 13.4. The van der Waals surface area contributed by atoms with Gasteiger partial charge in [0.25, 0.3) is 5.91 Å². The van der Waals surface area contributed by atoms with Crippen LogP contribution in [0.4, 0.5) is 33.6 Å². The molecule has 4 heterocycles. The van der Waals surface area contributed by atoms with Crippen molar-refractivity contribution in [2.45, 2.75) is 31.7 Å². The average Bonchev–Trinajstić information content (AvgIpc) is 3.03. The lowest BCUT2D eigenvalue weighted by atomic mass is 10.1. The Hall–Kier alpha value is -3.31. The van der Waals surface area contributed by atoms with Gasteiger partial charge in [0.05, 0.1) is 10.9 Å². The van der Waals surface area contributed by atoms with Gasteiger partial charge in [-0.3, -0.25) is 14.5 Å². The first-order valence-corrected chi connectivity index (χ1v) is 9.45. The van der Waals surface area contributed by atoms with Crippen molar-refractivity contribution >= 4 is 28.4 Å². The van der Waals surface area contributed by atoms with E-state index >= 15 is 0 Å². The molecule has 1 N–H and O–H groups in total. The maximum absolute atomic E-state index is 13.4. The molecule has 0 bridgehead atoms. The molecule has 31 heavy (non-hydrogen) atoms. The minimum Gasteiger partial charge on any atom is -0.337 e. The van der Waals surface area contributed by atoms with E-state index in [1.807, 2.05) is 0 Å². The Morgan fingerprint density at radius 1 is 1.19 bits per heavy atom. The third-order valence-electron chi connectivity index (χ3n) is 4.86. The quantitative estimate of drug-likeness (QED) is 0.624. The Kier molecular flexibility index (Phi) is 5.46. The predicted octanol–water partition coefficient (Wildman–Crippen LogP) is 3.85. The van der Waals surface area contributed by atoms with E-state index in [0.29, 0.717) is 4.68 Å². The van der Waals surface area contributed by atoms with E-state index in [0.717, 1.165) is 12.1 Å². The number of anilines is 2. The Labute approximate surface area is 172 Å². The van der Waals surface area contributed by atoms with Crippen LogP contribution >= 0.6 is 0 Å². The summed E-state index contributed by atoms with van der Waals surface area (Å²) < 4.78 is 66.7. The molecule has 1 aliphatic rings. The number of nitrogens with zero attached hydrogens (tertiary/aromatic N) is 5. The van der Waals surface area contributed by atoms with Gasteiger partial charge in [-0.05, 0) is 25.0 Å². The normalized spacial score (nSPS) is 15.5. The topological polar surface area (TPSA) is 75.9 Å². The molecule has 0 radical (unpaired) electrons. The van der Waals surface area contributed by atoms with Crippen molar-refractivity contribution in [2.75, 3.05) is 18.4 Å². The van der Waals surface area contributed by atoms with Gasteiger partial charge in [0.15, 0.2) is 5.82 Å². The molecule has 0 spiro atoms. The summed E-state index contributed by atoms with van der Waals surface area (Å²) in [6.07, 6.45) is -2.71. The van der Waals surface area contributed by atoms with Gasteiger partial charge < -0.3 is 10.2 Å². The number of alkyl halides is 4. The summed E-state index contributed by atoms with van der Waals surface area (Å²) in [5.41, 5.74) is -0.0430. The highest BCUT2D eigenvalue weighted by Crippen LogP contribution is 2.29. The molecule has 1 saturated heterocycles. The molecule has 0 saturated carbocycles. The molecule has 12 heteroatoms. The van der Waals surface area contributed by atoms with Crippen LogP contribution in [0.5, 0.6) is 0 Å². The van der Waals surface area contributed by atoms with E-state index in [9.17, 15) is 26.7 Å². The van der Waals surface area contributed by atoms with Gasteiger partial charge in [-0.1, -0.05) is 0 Å². The maximum Gasteiger partial charge on any atom is 0.408 e. The van der Waals surface area contributed by atoms with Crippen LogP contribution < -0.4 is 5.32 Å². The lowest BCUT2D eigenvalue weighted by molar-refractivity contribution is -0.141. The standard InChI is InChI=1S/C19H17F5N6O/c20-11-2-5-29(6-3-11)18(31)14-8-15-13(9-26-14)17(28-30(15)10-19(22,23)24)27-16-7-12(21)1-4-25-16/h1,4,7-9,11H,2-3,5-6,10H2,(H,25,27,28). The van der Waals surface area contributed by atoms with Crippen LogP contribution in [0.15, 0.2) is 30.6 Å². The summed E-state index contributed by atoms with van der Waals surface area (Å²) >= 11 is 0. The second-order valence-electron chi connectivity index (χ2n) is 7.16. The lowest BCUT2D eigenvalue weighted by Gasteiger charge is -2.28. The van der Waals surface area contributed by atoms with Gasteiger partial charge in [-0.15, -0.1) is 0 Å². The Morgan fingerprint density at radius 2 is 1.94 bits per heavy atom. The number of rotatable bonds is 4. The molecule has 164 valence electrons. The number of pyridine rings is 2. The van der Waals surface area contributed by atoms with Crippen LogP contribution in [0, 0.1) is 5.82 Å². The minimum atomic E-state index is -4.57. The molecule has 1 aliphatic heterocycles. The number of halogens is 5. The van der Waals surface area contributed by atoms with Crippen LogP contribution in [-0.2, 0) is 6.54 Å². The summed E-state index contributed by atoms with van der Waals surface area (Å²) in [7, 11) is 0. The minimum absolute atomic E-state index is 0.0120. The molecule has 1 fully saturated rings. The van der Waals surface area contributed by atoms with Gasteiger partial charge in [0.1, 0.15) is 30.0 Å². The smallest absolute Gasteiger partial charge is 0.337 e. The van der Waals surface area contributed by atoms with Crippen LogP contribution in [-0.4, -0.2) is 56.0 Å². The molecule has 0 aliphatic carbocycles. The predicted molar refractivity (Wildman–Crippen MR) is 101 cm³/mol. The molecule has 3 aromatic rings. The van der Waals surface area contributed by atoms with Gasteiger partial charge in [0.2, 0.25) is 0 Å². The third kappa shape index (κ3) is 4.72. The number of likely N-dealkylation sites (tertiary alicyclic amines) is 1. The number of piperidine rings is 1. The van der Waals surface area contributed by atoms with E-state index in [1.165, 1.54) is 23.4 Å². The van der Waals surface area contributed by atoms with Crippen LogP contribution in [0.3, 0.4) is 0 Å². The number of carbonyl (C=O) groups excluding carboxylic acids is 1.